The molecule has 26 heavy (non-hydrogen) atoms. The van der Waals surface area contributed by atoms with Crippen molar-refractivity contribution < 1.29 is 9.53 Å². The highest BCUT2D eigenvalue weighted by Gasteiger charge is 2.28. The molecule has 4 heterocycles. The van der Waals surface area contributed by atoms with E-state index in [2.05, 4.69) is 15.0 Å². The van der Waals surface area contributed by atoms with Gasteiger partial charge < -0.3 is 9.64 Å². The molecule has 0 spiro atoms. The number of rotatable bonds is 3. The van der Waals surface area contributed by atoms with Crippen molar-refractivity contribution in [3.8, 4) is 11.3 Å². The number of likely N-dealkylation sites (tertiary alicyclic amines) is 1. The van der Waals surface area contributed by atoms with Crippen LogP contribution in [0.4, 0.5) is 0 Å². The summed E-state index contributed by atoms with van der Waals surface area (Å²) in [6.07, 6.45) is 7.44. The molecule has 2 saturated heterocycles. The Morgan fingerprint density at radius 1 is 1.12 bits per heavy atom. The fourth-order valence-corrected chi connectivity index (χ4v) is 3.80. The second-order valence-electron chi connectivity index (χ2n) is 7.01. The van der Waals surface area contributed by atoms with Gasteiger partial charge in [-0.25, -0.2) is 0 Å². The lowest BCUT2D eigenvalue weighted by Crippen LogP contribution is -2.50. The molecular formula is C19H25N5O2. The van der Waals surface area contributed by atoms with E-state index in [1.54, 1.807) is 17.1 Å². The largest absolute Gasteiger partial charge is 0.379 e. The van der Waals surface area contributed by atoms with Crippen molar-refractivity contribution in [1.29, 1.82) is 0 Å². The molecule has 0 aromatic carbocycles. The molecule has 2 aromatic heterocycles. The number of amides is 1. The van der Waals surface area contributed by atoms with E-state index in [0.717, 1.165) is 63.5 Å². The van der Waals surface area contributed by atoms with E-state index in [1.807, 2.05) is 30.3 Å². The molecule has 0 aliphatic carbocycles. The average molecular weight is 355 g/mol. The molecule has 0 N–H and O–H groups in total. The van der Waals surface area contributed by atoms with Crippen molar-refractivity contribution in [2.75, 3.05) is 39.4 Å². The first kappa shape index (κ1) is 17.2. The predicted molar refractivity (Wildman–Crippen MR) is 97.8 cm³/mol. The van der Waals surface area contributed by atoms with E-state index in [0.29, 0.717) is 11.6 Å². The molecule has 2 aliphatic heterocycles. The summed E-state index contributed by atoms with van der Waals surface area (Å²) < 4.78 is 7.18. The molecule has 1 amide bonds. The van der Waals surface area contributed by atoms with Gasteiger partial charge in [-0.1, -0.05) is 0 Å². The summed E-state index contributed by atoms with van der Waals surface area (Å²) in [4.78, 5) is 21.7. The van der Waals surface area contributed by atoms with Crippen LogP contribution in [0.5, 0.6) is 0 Å². The molecule has 7 nitrogen and oxygen atoms in total. The fourth-order valence-electron chi connectivity index (χ4n) is 3.80. The molecule has 2 fully saturated rings. The highest BCUT2D eigenvalue weighted by molar-refractivity contribution is 5.94. The minimum atomic E-state index is 0.0793. The fraction of sp³-hybridized carbons (Fsp3) is 0.526. The van der Waals surface area contributed by atoms with E-state index >= 15 is 0 Å². The molecule has 0 saturated carbocycles. The molecule has 138 valence electrons. The van der Waals surface area contributed by atoms with Crippen molar-refractivity contribution >= 4 is 5.91 Å². The van der Waals surface area contributed by atoms with E-state index in [9.17, 15) is 4.79 Å². The summed E-state index contributed by atoms with van der Waals surface area (Å²) in [6.45, 7) is 5.30. The van der Waals surface area contributed by atoms with Gasteiger partial charge in [-0.15, -0.1) is 0 Å². The van der Waals surface area contributed by atoms with E-state index in [-0.39, 0.29) is 5.91 Å². The summed E-state index contributed by atoms with van der Waals surface area (Å²) in [5, 5.41) is 4.16. The van der Waals surface area contributed by atoms with Crippen molar-refractivity contribution in [3.05, 3.63) is 36.3 Å². The van der Waals surface area contributed by atoms with Crippen LogP contribution in [0.1, 0.15) is 23.2 Å². The number of carbonyl (C=O) groups excluding carboxylic acids is 1. The summed E-state index contributed by atoms with van der Waals surface area (Å²) in [6, 6.07) is 4.34. The van der Waals surface area contributed by atoms with Gasteiger partial charge in [0.25, 0.3) is 5.91 Å². The van der Waals surface area contributed by atoms with Crippen LogP contribution in [-0.4, -0.2) is 75.9 Å². The Morgan fingerprint density at radius 3 is 2.50 bits per heavy atom. The van der Waals surface area contributed by atoms with Crippen LogP contribution in [-0.2, 0) is 11.8 Å². The molecule has 0 bridgehead atoms. The minimum Gasteiger partial charge on any atom is -0.379 e. The summed E-state index contributed by atoms with van der Waals surface area (Å²) >= 11 is 0. The Kier molecular flexibility index (Phi) is 4.99. The van der Waals surface area contributed by atoms with Gasteiger partial charge in [0.2, 0.25) is 0 Å². The number of aromatic nitrogens is 3. The third-order valence-corrected chi connectivity index (χ3v) is 5.32. The number of hydrogen-bond acceptors (Lipinski definition) is 5. The number of hydrogen-bond donors (Lipinski definition) is 0. The molecule has 4 rings (SSSR count). The Balaban J connectivity index is 1.36. The number of nitrogens with zero attached hydrogens (tertiary/aromatic N) is 5. The third-order valence-electron chi connectivity index (χ3n) is 5.32. The zero-order valence-electron chi connectivity index (χ0n) is 15.2. The number of carbonyl (C=O) groups is 1. The monoisotopic (exact) mass is 355 g/mol. The van der Waals surface area contributed by atoms with Gasteiger partial charge in [-0.2, -0.15) is 5.10 Å². The normalized spacial score (nSPS) is 19.7. The second kappa shape index (κ2) is 7.55. The number of ether oxygens (including phenoxy) is 1. The van der Waals surface area contributed by atoms with E-state index in [1.165, 1.54) is 0 Å². The maximum atomic E-state index is 12.8. The van der Waals surface area contributed by atoms with Crippen LogP contribution in [0.25, 0.3) is 11.3 Å². The summed E-state index contributed by atoms with van der Waals surface area (Å²) in [7, 11) is 1.88. The lowest BCUT2D eigenvalue weighted by molar-refractivity contribution is 0.00158. The Hall–Kier alpha value is -2.25. The number of morpholine rings is 1. The highest BCUT2D eigenvalue weighted by atomic mass is 16.5. The van der Waals surface area contributed by atoms with E-state index in [4.69, 9.17) is 4.74 Å². The van der Waals surface area contributed by atoms with Crippen LogP contribution >= 0.6 is 0 Å². The van der Waals surface area contributed by atoms with Crippen LogP contribution in [0.3, 0.4) is 0 Å². The Labute approximate surface area is 153 Å². The molecule has 2 aliphatic rings. The predicted octanol–water partition coefficient (Wildman–Crippen LogP) is 1.42. The third kappa shape index (κ3) is 3.64. The standard InChI is InChI=1S/C19H25N5O2/c1-22-14-16(13-21-22)18-3-2-15(12-20-18)19(25)24-6-4-17(5-7-24)23-8-10-26-11-9-23/h2-3,12-14,17H,4-11H2,1H3. The first-order chi connectivity index (χ1) is 12.7. The van der Waals surface area contributed by atoms with Gasteiger partial charge in [-0.3, -0.25) is 19.4 Å². The van der Waals surface area contributed by atoms with Crippen molar-refractivity contribution in [2.45, 2.75) is 18.9 Å². The van der Waals surface area contributed by atoms with Gasteiger partial charge in [-0.05, 0) is 25.0 Å². The zero-order valence-corrected chi connectivity index (χ0v) is 15.2. The van der Waals surface area contributed by atoms with Crippen LogP contribution in [0.2, 0.25) is 0 Å². The number of aryl methyl sites for hydroxylation is 1. The SMILES string of the molecule is Cn1cc(-c2ccc(C(=O)N3CCC(N4CCOCC4)CC3)cn2)cn1. The topological polar surface area (TPSA) is 63.5 Å². The number of pyridine rings is 1. The Bertz CT molecular complexity index is 744. The van der Waals surface area contributed by atoms with Gasteiger partial charge >= 0.3 is 0 Å². The zero-order chi connectivity index (χ0) is 17.9. The molecular weight excluding hydrogens is 330 g/mol. The van der Waals surface area contributed by atoms with Crippen molar-refractivity contribution in [2.24, 2.45) is 7.05 Å². The van der Waals surface area contributed by atoms with Crippen LogP contribution in [0.15, 0.2) is 30.7 Å². The molecule has 0 unspecified atom stereocenters. The lowest BCUT2D eigenvalue weighted by atomic mass is 10.0. The van der Waals surface area contributed by atoms with Crippen molar-refractivity contribution in [1.82, 2.24) is 24.6 Å². The first-order valence-electron chi connectivity index (χ1n) is 9.27. The second-order valence-corrected chi connectivity index (χ2v) is 7.01. The first-order valence-corrected chi connectivity index (χ1v) is 9.27. The van der Waals surface area contributed by atoms with Crippen molar-refractivity contribution in [3.63, 3.8) is 0 Å². The summed E-state index contributed by atoms with van der Waals surface area (Å²) in [5.41, 5.74) is 2.45. The molecule has 0 radical (unpaired) electrons. The molecule has 2 aromatic rings. The van der Waals surface area contributed by atoms with E-state index < -0.39 is 0 Å². The maximum Gasteiger partial charge on any atom is 0.255 e. The highest BCUT2D eigenvalue weighted by Crippen LogP contribution is 2.20. The van der Waals surface area contributed by atoms with Gasteiger partial charge in [0.15, 0.2) is 0 Å². The molecule has 7 heteroatoms. The van der Waals surface area contributed by atoms with Gasteiger partial charge in [0.1, 0.15) is 0 Å². The lowest BCUT2D eigenvalue weighted by Gasteiger charge is -2.40. The Morgan fingerprint density at radius 2 is 1.88 bits per heavy atom. The summed E-state index contributed by atoms with van der Waals surface area (Å²) in [5.74, 6) is 0.0793. The number of piperidine rings is 1. The molecule has 0 atom stereocenters. The van der Waals surface area contributed by atoms with Crippen LogP contribution in [0, 0.1) is 0 Å². The minimum absolute atomic E-state index is 0.0793. The maximum absolute atomic E-state index is 12.8. The van der Waals surface area contributed by atoms with Gasteiger partial charge in [0, 0.05) is 57.2 Å². The van der Waals surface area contributed by atoms with Crippen LogP contribution < -0.4 is 0 Å². The quantitative estimate of drug-likeness (QED) is 0.833. The average Bonchev–Trinajstić information content (AvgIpc) is 3.15. The van der Waals surface area contributed by atoms with Gasteiger partial charge in [0.05, 0.1) is 30.7 Å². The smallest absolute Gasteiger partial charge is 0.255 e.